The Morgan fingerprint density at radius 3 is 2.90 bits per heavy atom. The second-order valence-corrected chi connectivity index (χ2v) is 5.45. The summed E-state index contributed by atoms with van der Waals surface area (Å²) in [5.74, 6) is -0.0881. The number of hydrogen-bond acceptors (Lipinski definition) is 3. The normalized spacial score (nSPS) is 15.6. The van der Waals surface area contributed by atoms with Gasteiger partial charge in [0.1, 0.15) is 0 Å². The minimum Gasteiger partial charge on any atom is -0.391 e. The highest BCUT2D eigenvalue weighted by Gasteiger charge is 2.21. The zero-order valence-electron chi connectivity index (χ0n) is 12.6. The SMILES string of the molecule is CCCC(O)CNC(=O)c1ccc2c(c1)CCC(=O)N2C. The third kappa shape index (κ3) is 3.61. The van der Waals surface area contributed by atoms with Crippen LogP contribution in [0.25, 0.3) is 0 Å². The van der Waals surface area contributed by atoms with Crippen LogP contribution in [-0.2, 0) is 11.2 Å². The molecule has 1 unspecified atom stereocenters. The maximum Gasteiger partial charge on any atom is 0.251 e. The molecule has 5 nitrogen and oxygen atoms in total. The fraction of sp³-hybridized carbons (Fsp3) is 0.500. The summed E-state index contributed by atoms with van der Waals surface area (Å²) in [7, 11) is 1.75. The molecule has 2 N–H and O–H groups in total. The van der Waals surface area contributed by atoms with Gasteiger partial charge in [-0.3, -0.25) is 9.59 Å². The second-order valence-electron chi connectivity index (χ2n) is 5.45. The van der Waals surface area contributed by atoms with Crippen molar-refractivity contribution >= 4 is 17.5 Å². The van der Waals surface area contributed by atoms with Crippen molar-refractivity contribution < 1.29 is 14.7 Å². The van der Waals surface area contributed by atoms with Gasteiger partial charge in [0.05, 0.1) is 6.10 Å². The molecule has 1 aliphatic heterocycles. The third-order valence-electron chi connectivity index (χ3n) is 3.81. The smallest absolute Gasteiger partial charge is 0.251 e. The molecule has 2 rings (SSSR count). The molecule has 0 aromatic heterocycles. The van der Waals surface area contributed by atoms with E-state index in [-0.39, 0.29) is 18.4 Å². The van der Waals surface area contributed by atoms with Crippen LogP contribution >= 0.6 is 0 Å². The van der Waals surface area contributed by atoms with E-state index < -0.39 is 6.10 Å². The molecule has 0 saturated carbocycles. The van der Waals surface area contributed by atoms with Gasteiger partial charge in [-0.05, 0) is 36.6 Å². The summed E-state index contributed by atoms with van der Waals surface area (Å²) < 4.78 is 0. The lowest BCUT2D eigenvalue weighted by molar-refractivity contribution is -0.118. The van der Waals surface area contributed by atoms with Gasteiger partial charge in [0.25, 0.3) is 5.91 Å². The van der Waals surface area contributed by atoms with Gasteiger partial charge in [-0.2, -0.15) is 0 Å². The number of rotatable bonds is 5. The first-order chi connectivity index (χ1) is 10.0. The van der Waals surface area contributed by atoms with E-state index in [0.717, 1.165) is 17.7 Å². The van der Waals surface area contributed by atoms with E-state index in [9.17, 15) is 14.7 Å². The molecule has 0 fully saturated rings. The first kappa shape index (κ1) is 15.5. The van der Waals surface area contributed by atoms with Crippen molar-refractivity contribution in [3.8, 4) is 0 Å². The maximum atomic E-state index is 12.1. The van der Waals surface area contributed by atoms with Crippen LogP contribution in [0.2, 0.25) is 0 Å². The van der Waals surface area contributed by atoms with Crippen molar-refractivity contribution in [3.63, 3.8) is 0 Å². The Balaban J connectivity index is 2.05. The Kier molecular flexibility index (Phi) is 4.96. The Hall–Kier alpha value is -1.88. The molecule has 114 valence electrons. The fourth-order valence-corrected chi connectivity index (χ4v) is 2.55. The predicted molar refractivity (Wildman–Crippen MR) is 81.4 cm³/mol. The van der Waals surface area contributed by atoms with Crippen LogP contribution < -0.4 is 10.2 Å². The van der Waals surface area contributed by atoms with Crippen molar-refractivity contribution in [2.24, 2.45) is 0 Å². The van der Waals surface area contributed by atoms with Gasteiger partial charge in [0.15, 0.2) is 0 Å². The summed E-state index contributed by atoms with van der Waals surface area (Å²) in [5, 5.41) is 12.4. The quantitative estimate of drug-likeness (QED) is 0.863. The van der Waals surface area contributed by atoms with E-state index in [1.807, 2.05) is 19.1 Å². The molecule has 0 saturated heterocycles. The molecule has 0 radical (unpaired) electrons. The lowest BCUT2D eigenvalue weighted by atomic mass is 9.99. The number of aliphatic hydroxyl groups excluding tert-OH is 1. The highest BCUT2D eigenvalue weighted by Crippen LogP contribution is 2.27. The number of aliphatic hydroxyl groups is 1. The number of nitrogens with zero attached hydrogens (tertiary/aromatic N) is 1. The van der Waals surface area contributed by atoms with Crippen molar-refractivity contribution in [1.29, 1.82) is 0 Å². The monoisotopic (exact) mass is 290 g/mol. The minimum absolute atomic E-state index is 0.0994. The summed E-state index contributed by atoms with van der Waals surface area (Å²) >= 11 is 0. The van der Waals surface area contributed by atoms with Crippen molar-refractivity contribution in [2.75, 3.05) is 18.5 Å². The number of hydrogen-bond donors (Lipinski definition) is 2. The number of fused-ring (bicyclic) bond motifs is 1. The highest BCUT2D eigenvalue weighted by atomic mass is 16.3. The van der Waals surface area contributed by atoms with E-state index >= 15 is 0 Å². The van der Waals surface area contributed by atoms with Crippen LogP contribution in [0.3, 0.4) is 0 Å². The van der Waals surface area contributed by atoms with Crippen LogP contribution in [0.1, 0.15) is 42.1 Å². The van der Waals surface area contributed by atoms with Crippen LogP contribution in [0.15, 0.2) is 18.2 Å². The molecular weight excluding hydrogens is 268 g/mol. The average molecular weight is 290 g/mol. The van der Waals surface area contributed by atoms with E-state index in [4.69, 9.17) is 0 Å². The lowest BCUT2D eigenvalue weighted by Gasteiger charge is -2.26. The molecule has 1 heterocycles. The van der Waals surface area contributed by atoms with Crippen LogP contribution in [-0.4, -0.2) is 36.6 Å². The first-order valence-electron chi connectivity index (χ1n) is 7.38. The van der Waals surface area contributed by atoms with E-state index in [1.165, 1.54) is 0 Å². The largest absolute Gasteiger partial charge is 0.391 e. The maximum absolute atomic E-state index is 12.1. The van der Waals surface area contributed by atoms with Crippen LogP contribution in [0, 0.1) is 0 Å². The Morgan fingerprint density at radius 2 is 2.19 bits per heavy atom. The van der Waals surface area contributed by atoms with Crippen LogP contribution in [0.4, 0.5) is 5.69 Å². The number of amides is 2. The summed E-state index contributed by atoms with van der Waals surface area (Å²) in [4.78, 5) is 25.3. The number of carbonyl (C=O) groups excluding carboxylic acids is 2. The van der Waals surface area contributed by atoms with Gasteiger partial charge < -0.3 is 15.3 Å². The van der Waals surface area contributed by atoms with Crippen molar-refractivity contribution in [2.45, 2.75) is 38.7 Å². The Labute approximate surface area is 125 Å². The summed E-state index contributed by atoms with van der Waals surface area (Å²) in [6.07, 6.45) is 2.20. The number of nitrogens with one attached hydrogen (secondary N) is 1. The van der Waals surface area contributed by atoms with Gasteiger partial charge in [-0.25, -0.2) is 0 Å². The van der Waals surface area contributed by atoms with Gasteiger partial charge in [-0.1, -0.05) is 13.3 Å². The average Bonchev–Trinajstić information content (AvgIpc) is 2.48. The predicted octanol–water partition coefficient (Wildman–Crippen LogP) is 1.49. The second kappa shape index (κ2) is 6.72. The molecule has 0 aliphatic carbocycles. The van der Waals surface area contributed by atoms with Gasteiger partial charge in [-0.15, -0.1) is 0 Å². The van der Waals surface area contributed by atoms with E-state index in [2.05, 4.69) is 5.32 Å². The van der Waals surface area contributed by atoms with Gasteiger partial charge >= 0.3 is 0 Å². The zero-order valence-corrected chi connectivity index (χ0v) is 12.6. The molecule has 1 aliphatic rings. The molecule has 2 amide bonds. The van der Waals surface area contributed by atoms with Gasteiger partial charge in [0.2, 0.25) is 5.91 Å². The summed E-state index contributed by atoms with van der Waals surface area (Å²) in [6, 6.07) is 5.36. The summed E-state index contributed by atoms with van der Waals surface area (Å²) in [6.45, 7) is 2.26. The van der Waals surface area contributed by atoms with E-state index in [0.29, 0.717) is 24.8 Å². The third-order valence-corrected chi connectivity index (χ3v) is 3.81. The molecule has 0 bridgehead atoms. The Bertz CT molecular complexity index is 542. The van der Waals surface area contributed by atoms with Crippen molar-refractivity contribution in [3.05, 3.63) is 29.3 Å². The molecular formula is C16H22N2O3. The summed E-state index contributed by atoms with van der Waals surface area (Å²) in [5.41, 5.74) is 2.45. The highest BCUT2D eigenvalue weighted by molar-refractivity contribution is 5.98. The van der Waals surface area contributed by atoms with Gasteiger partial charge in [0, 0.05) is 31.3 Å². The number of benzene rings is 1. The Morgan fingerprint density at radius 1 is 1.43 bits per heavy atom. The van der Waals surface area contributed by atoms with Crippen molar-refractivity contribution in [1.82, 2.24) is 5.32 Å². The van der Waals surface area contributed by atoms with Crippen LogP contribution in [0.5, 0.6) is 0 Å². The molecule has 1 atom stereocenters. The first-order valence-corrected chi connectivity index (χ1v) is 7.38. The minimum atomic E-state index is -0.500. The van der Waals surface area contributed by atoms with E-state index in [1.54, 1.807) is 18.0 Å². The topological polar surface area (TPSA) is 69.6 Å². The number of anilines is 1. The molecule has 21 heavy (non-hydrogen) atoms. The lowest BCUT2D eigenvalue weighted by Crippen LogP contribution is -2.33. The molecule has 0 spiro atoms. The molecule has 1 aromatic carbocycles. The standard InChI is InChI=1S/C16H22N2O3/c1-3-4-13(19)10-17-16(21)12-5-7-14-11(9-12)6-8-15(20)18(14)2/h5,7,9,13,19H,3-4,6,8,10H2,1-2H3,(H,17,21). The molecule has 5 heteroatoms. The number of aryl methyl sites for hydroxylation is 1. The fourth-order valence-electron chi connectivity index (χ4n) is 2.55. The molecule has 1 aromatic rings. The zero-order chi connectivity index (χ0) is 15.4. The number of carbonyl (C=O) groups is 2.